The van der Waals surface area contributed by atoms with Gasteiger partial charge in [-0.3, -0.25) is 0 Å². The van der Waals surface area contributed by atoms with Crippen molar-refractivity contribution in [1.82, 2.24) is 19.5 Å². The van der Waals surface area contributed by atoms with Crippen LogP contribution in [0, 0.1) is 0 Å². The molecular formula is C61H36N4O2. The summed E-state index contributed by atoms with van der Waals surface area (Å²) >= 11 is 0. The molecule has 0 aliphatic carbocycles. The number of benzene rings is 10. The Balaban J connectivity index is 0.972. The minimum atomic E-state index is 0.571. The molecule has 0 amide bonds. The molecule has 0 bridgehead atoms. The summed E-state index contributed by atoms with van der Waals surface area (Å²) < 4.78 is 15.1. The Kier molecular flexibility index (Phi) is 8.18. The Labute approximate surface area is 383 Å². The monoisotopic (exact) mass is 856 g/mol. The van der Waals surface area contributed by atoms with E-state index in [2.05, 4.69) is 156 Å². The minimum Gasteiger partial charge on any atom is -0.456 e. The first-order valence-electron chi connectivity index (χ1n) is 22.5. The van der Waals surface area contributed by atoms with Crippen LogP contribution >= 0.6 is 0 Å². The number of fused-ring (bicyclic) bond motifs is 10. The Bertz CT molecular complexity index is 4290. The summed E-state index contributed by atoms with van der Waals surface area (Å²) in [6.45, 7) is 0. The van der Waals surface area contributed by atoms with Crippen molar-refractivity contribution in [1.29, 1.82) is 0 Å². The lowest BCUT2D eigenvalue weighted by atomic mass is 9.95. The topological polar surface area (TPSA) is 69.9 Å². The zero-order chi connectivity index (χ0) is 44.0. The van der Waals surface area contributed by atoms with Crippen LogP contribution in [0.4, 0.5) is 0 Å². The third-order valence-corrected chi connectivity index (χ3v) is 13.2. The van der Waals surface area contributed by atoms with Gasteiger partial charge in [0, 0.05) is 60.3 Å². The van der Waals surface area contributed by atoms with Gasteiger partial charge in [0.15, 0.2) is 17.5 Å². The third kappa shape index (κ3) is 6.00. The summed E-state index contributed by atoms with van der Waals surface area (Å²) in [4.78, 5) is 15.4. The number of para-hydroxylation sites is 3. The molecule has 0 fully saturated rings. The average Bonchev–Trinajstić information content (AvgIpc) is 4.07. The van der Waals surface area contributed by atoms with Gasteiger partial charge in [-0.05, 0) is 88.1 Å². The van der Waals surface area contributed by atoms with Crippen molar-refractivity contribution in [2.45, 2.75) is 0 Å². The second-order valence-electron chi connectivity index (χ2n) is 17.1. The minimum absolute atomic E-state index is 0.571. The van der Waals surface area contributed by atoms with Crippen molar-refractivity contribution in [2.75, 3.05) is 0 Å². The second-order valence-corrected chi connectivity index (χ2v) is 17.1. The first kappa shape index (κ1) is 37.3. The molecular weight excluding hydrogens is 821 g/mol. The van der Waals surface area contributed by atoms with Crippen molar-refractivity contribution in [3.05, 3.63) is 218 Å². The van der Waals surface area contributed by atoms with Crippen molar-refractivity contribution in [3.63, 3.8) is 0 Å². The van der Waals surface area contributed by atoms with E-state index in [1.54, 1.807) is 0 Å². The molecule has 14 aromatic rings. The normalized spacial score (nSPS) is 11.9. The van der Waals surface area contributed by atoms with E-state index in [4.69, 9.17) is 23.8 Å². The zero-order valence-electron chi connectivity index (χ0n) is 35.9. The van der Waals surface area contributed by atoms with Crippen LogP contribution in [0.5, 0.6) is 0 Å². The maximum atomic E-state index is 6.32. The van der Waals surface area contributed by atoms with Gasteiger partial charge in [0.1, 0.15) is 22.3 Å². The van der Waals surface area contributed by atoms with Crippen molar-refractivity contribution in [2.24, 2.45) is 0 Å². The van der Waals surface area contributed by atoms with Crippen LogP contribution in [0.3, 0.4) is 0 Å². The molecule has 0 atom stereocenters. The first-order chi connectivity index (χ1) is 33.2. The molecule has 10 aromatic carbocycles. The number of nitrogens with zero attached hydrogens (tertiary/aromatic N) is 4. The Hall–Kier alpha value is -9.13. The van der Waals surface area contributed by atoms with Crippen LogP contribution in [0.2, 0.25) is 0 Å². The molecule has 14 rings (SSSR count). The lowest BCUT2D eigenvalue weighted by Crippen LogP contribution is -2.01. The highest BCUT2D eigenvalue weighted by molar-refractivity contribution is 6.17. The molecule has 67 heavy (non-hydrogen) atoms. The SMILES string of the molecule is c1ccc(-c2nc(-c3cccc(-n4c5cc6ccccc6cc5c5cccc(-c6cccc(-c7cccc8oc9ccccc9c78)c6)c54)c3)nc(-c3ccc4c(c3)oc3ccccc34)n2)cc1. The van der Waals surface area contributed by atoms with Crippen LogP contribution in [-0.4, -0.2) is 19.5 Å². The molecule has 4 aromatic heterocycles. The quantitative estimate of drug-likeness (QED) is 0.167. The molecule has 0 aliphatic rings. The van der Waals surface area contributed by atoms with Gasteiger partial charge in [0.25, 0.3) is 0 Å². The number of hydrogen-bond donors (Lipinski definition) is 0. The van der Waals surface area contributed by atoms with Gasteiger partial charge in [0.2, 0.25) is 0 Å². The van der Waals surface area contributed by atoms with E-state index in [1.165, 1.54) is 21.5 Å². The van der Waals surface area contributed by atoms with E-state index in [1.807, 2.05) is 66.7 Å². The molecule has 0 saturated heterocycles. The van der Waals surface area contributed by atoms with E-state index < -0.39 is 0 Å². The van der Waals surface area contributed by atoms with Crippen LogP contribution in [-0.2, 0) is 0 Å². The fourth-order valence-corrected chi connectivity index (χ4v) is 10.1. The van der Waals surface area contributed by atoms with E-state index in [0.717, 1.165) is 99.5 Å². The van der Waals surface area contributed by atoms with Gasteiger partial charge in [-0.1, -0.05) is 158 Å². The molecule has 0 saturated carbocycles. The maximum absolute atomic E-state index is 6.32. The number of hydrogen-bond acceptors (Lipinski definition) is 5. The lowest BCUT2D eigenvalue weighted by molar-refractivity contribution is 0.668. The third-order valence-electron chi connectivity index (χ3n) is 13.2. The maximum Gasteiger partial charge on any atom is 0.164 e. The first-order valence-corrected chi connectivity index (χ1v) is 22.5. The van der Waals surface area contributed by atoms with Crippen LogP contribution < -0.4 is 0 Å². The largest absolute Gasteiger partial charge is 0.456 e. The van der Waals surface area contributed by atoms with Crippen LogP contribution in [0.25, 0.3) is 139 Å². The van der Waals surface area contributed by atoms with Crippen LogP contribution in [0.15, 0.2) is 227 Å². The molecule has 0 aliphatic heterocycles. The number of furan rings is 2. The molecule has 0 radical (unpaired) electrons. The summed E-state index contributed by atoms with van der Waals surface area (Å²) in [7, 11) is 0. The van der Waals surface area contributed by atoms with Crippen LogP contribution in [0.1, 0.15) is 0 Å². The fourth-order valence-electron chi connectivity index (χ4n) is 10.1. The molecule has 0 spiro atoms. The highest BCUT2D eigenvalue weighted by Crippen LogP contribution is 2.43. The predicted molar refractivity (Wildman–Crippen MR) is 273 cm³/mol. The van der Waals surface area contributed by atoms with Gasteiger partial charge in [-0.25, -0.2) is 15.0 Å². The summed E-state index contributed by atoms with van der Waals surface area (Å²) in [6.07, 6.45) is 0. The average molecular weight is 857 g/mol. The predicted octanol–water partition coefficient (Wildman–Crippen LogP) is 16.3. The second kappa shape index (κ2) is 14.7. The van der Waals surface area contributed by atoms with E-state index in [-0.39, 0.29) is 0 Å². The van der Waals surface area contributed by atoms with Gasteiger partial charge >= 0.3 is 0 Å². The highest BCUT2D eigenvalue weighted by Gasteiger charge is 2.21. The van der Waals surface area contributed by atoms with Crippen molar-refractivity contribution < 1.29 is 8.83 Å². The van der Waals surface area contributed by atoms with Gasteiger partial charge < -0.3 is 13.4 Å². The Morgan fingerprint density at radius 3 is 1.70 bits per heavy atom. The smallest absolute Gasteiger partial charge is 0.164 e. The summed E-state index contributed by atoms with van der Waals surface area (Å²) in [5, 5.41) is 9.10. The van der Waals surface area contributed by atoms with Gasteiger partial charge in [-0.15, -0.1) is 0 Å². The van der Waals surface area contributed by atoms with Gasteiger partial charge in [-0.2, -0.15) is 0 Å². The fraction of sp³-hybridized carbons (Fsp3) is 0. The van der Waals surface area contributed by atoms with E-state index >= 15 is 0 Å². The van der Waals surface area contributed by atoms with Crippen molar-refractivity contribution >= 4 is 76.5 Å². The van der Waals surface area contributed by atoms with Gasteiger partial charge in [0.05, 0.1) is 11.0 Å². The molecule has 0 N–H and O–H groups in total. The summed E-state index contributed by atoms with van der Waals surface area (Å²) in [6, 6.07) is 76.5. The van der Waals surface area contributed by atoms with E-state index in [9.17, 15) is 0 Å². The molecule has 4 heterocycles. The summed E-state index contributed by atoms with van der Waals surface area (Å²) in [5.74, 6) is 1.75. The summed E-state index contributed by atoms with van der Waals surface area (Å²) in [5.41, 5.74) is 13.8. The Morgan fingerprint density at radius 2 is 0.866 bits per heavy atom. The highest BCUT2D eigenvalue weighted by atomic mass is 16.3. The molecule has 6 heteroatoms. The standard InChI is InChI=1S/C61H36N4O2/c1-2-14-37(15-3-1)59-62-60(64-61(63-59)43-30-31-48-47-22-6-8-27-53(47)67-56(48)36-43)42-20-11-21-44(33-42)65-52-35-39-17-5-4-16-38(39)34-51(52)49-26-12-25-46(58(49)65)41-19-10-18-40(32-41)45-24-13-29-55-57(45)50-23-7-9-28-54(50)66-55/h1-36H. The lowest BCUT2D eigenvalue weighted by Gasteiger charge is -2.14. The van der Waals surface area contributed by atoms with Crippen molar-refractivity contribution in [3.8, 4) is 62.1 Å². The van der Waals surface area contributed by atoms with E-state index in [0.29, 0.717) is 17.5 Å². The number of rotatable bonds is 6. The zero-order valence-corrected chi connectivity index (χ0v) is 35.9. The number of aromatic nitrogens is 4. The molecule has 312 valence electrons. The Morgan fingerprint density at radius 1 is 0.313 bits per heavy atom. The molecule has 6 nitrogen and oxygen atoms in total. The molecule has 0 unspecified atom stereocenters.